The third kappa shape index (κ3) is 6.43. The number of hydrogen-bond donors (Lipinski definition) is 4. The SMILES string of the molecule is Cc1c(CCl)oc2c1C(=O)C(=O)c1c-2ccc2c(C)cccc12.Cc1c(CNCCO)oc2c1C(=O)C(=O)c1c-2ccc2c(C)cccc12.NCCO. The van der Waals surface area contributed by atoms with Crippen LogP contribution in [0.1, 0.15) is 75.2 Å². The topological polar surface area (TPSA) is 173 Å². The number of carbonyl (C=O) groups is 4. The maximum absolute atomic E-state index is 12.9. The number of ketones is 4. The van der Waals surface area contributed by atoms with Gasteiger partial charge >= 0.3 is 0 Å². The minimum Gasteiger partial charge on any atom is -0.459 e. The summed E-state index contributed by atoms with van der Waals surface area (Å²) in [6.45, 7) is 8.84. The first kappa shape index (κ1) is 37.5. The van der Waals surface area contributed by atoms with Crippen LogP contribution in [0.2, 0.25) is 0 Å². The predicted molar refractivity (Wildman–Crippen MR) is 204 cm³/mol. The summed E-state index contributed by atoms with van der Waals surface area (Å²) in [7, 11) is 0. The normalized spacial score (nSPS) is 12.8. The summed E-state index contributed by atoms with van der Waals surface area (Å²) in [4.78, 5) is 51.0. The molecule has 0 aliphatic heterocycles. The average Bonchev–Trinajstić information content (AvgIpc) is 3.68. The van der Waals surface area contributed by atoms with E-state index in [0.29, 0.717) is 87.2 Å². The van der Waals surface area contributed by atoms with Crippen LogP contribution >= 0.6 is 11.6 Å². The number of Topliss-reactive ketones (excluding diaryl/α,β-unsaturated/α-hetero) is 4. The summed E-state index contributed by atoms with van der Waals surface area (Å²) in [5.41, 5.74) is 11.1. The van der Waals surface area contributed by atoms with Crippen LogP contribution in [0, 0.1) is 27.7 Å². The first-order valence-corrected chi connectivity index (χ1v) is 17.7. The van der Waals surface area contributed by atoms with E-state index in [2.05, 4.69) is 5.32 Å². The van der Waals surface area contributed by atoms with Gasteiger partial charge in [-0.2, -0.15) is 0 Å². The molecule has 5 N–H and O–H groups in total. The molecule has 8 rings (SSSR count). The Kier molecular flexibility index (Phi) is 10.9. The van der Waals surface area contributed by atoms with E-state index >= 15 is 0 Å². The van der Waals surface area contributed by atoms with Crippen molar-refractivity contribution in [1.82, 2.24) is 5.32 Å². The highest BCUT2D eigenvalue weighted by molar-refractivity contribution is 6.55. The zero-order valence-corrected chi connectivity index (χ0v) is 30.6. The van der Waals surface area contributed by atoms with Crippen molar-refractivity contribution in [1.29, 1.82) is 0 Å². The highest BCUT2D eigenvalue weighted by atomic mass is 35.5. The molecule has 0 radical (unpaired) electrons. The van der Waals surface area contributed by atoms with Gasteiger partial charge < -0.3 is 30.1 Å². The number of halogens is 1. The van der Waals surface area contributed by atoms with Gasteiger partial charge in [-0.1, -0.05) is 48.5 Å². The van der Waals surface area contributed by atoms with Gasteiger partial charge in [-0.05, 0) is 72.5 Å². The van der Waals surface area contributed by atoms with E-state index in [1.54, 1.807) is 13.8 Å². The van der Waals surface area contributed by atoms with Crippen molar-refractivity contribution in [3.63, 3.8) is 0 Å². The van der Waals surface area contributed by atoms with Crippen LogP contribution in [0.15, 0.2) is 69.5 Å². The molecule has 2 aliphatic rings. The quantitative estimate of drug-likeness (QED) is 0.0797. The number of hydrogen-bond acceptors (Lipinski definition) is 10. The molecule has 6 aromatic rings. The van der Waals surface area contributed by atoms with Gasteiger partial charge in [0.05, 0.1) is 36.8 Å². The Bertz CT molecular complexity index is 2450. The lowest BCUT2D eigenvalue weighted by molar-refractivity contribution is 0.0815. The fourth-order valence-electron chi connectivity index (χ4n) is 6.98. The molecule has 53 heavy (non-hydrogen) atoms. The molecular formula is C42H39ClN2O8. The summed E-state index contributed by atoms with van der Waals surface area (Å²) >= 11 is 5.89. The van der Waals surface area contributed by atoms with E-state index < -0.39 is 23.1 Å². The first-order valence-electron chi connectivity index (χ1n) is 17.2. The predicted octanol–water partition coefficient (Wildman–Crippen LogP) is 6.95. The monoisotopic (exact) mass is 734 g/mol. The molecule has 0 fully saturated rings. The minimum absolute atomic E-state index is 0.0189. The standard InChI is InChI=1S/C21H19NO4.C19H13ClO3.C2H7NO/c1-11-4-3-5-14-13(11)6-7-15-18(14)20(25)19(24)17-12(2)16(26-21(15)17)10-22-8-9-23;1-9-4-3-5-12-11(9)6-7-13-16(12)18(22)17(21)15-10(2)14(8-20)23-19(13)15;3-1-2-4/h3-7,22-23H,8-10H2,1-2H3;3-7H,8H2,1-2H3;4H,1-3H2. The minimum atomic E-state index is -0.517. The number of aliphatic hydroxyl groups is 2. The van der Waals surface area contributed by atoms with Gasteiger partial charge in [-0.3, -0.25) is 19.2 Å². The lowest BCUT2D eigenvalue weighted by Crippen LogP contribution is -2.21. The maximum atomic E-state index is 12.9. The van der Waals surface area contributed by atoms with Crippen molar-refractivity contribution in [2.45, 2.75) is 40.1 Å². The van der Waals surface area contributed by atoms with Gasteiger partial charge in [0.15, 0.2) is 0 Å². The second-order valence-electron chi connectivity index (χ2n) is 12.9. The fourth-order valence-corrected chi connectivity index (χ4v) is 7.23. The number of rotatable bonds is 6. The Morgan fingerprint density at radius 1 is 0.604 bits per heavy atom. The van der Waals surface area contributed by atoms with Crippen LogP contribution in [0.3, 0.4) is 0 Å². The average molecular weight is 735 g/mol. The number of alkyl halides is 1. The summed E-state index contributed by atoms with van der Waals surface area (Å²) in [5.74, 6) is 0.248. The Morgan fingerprint density at radius 3 is 1.47 bits per heavy atom. The highest BCUT2D eigenvalue weighted by Gasteiger charge is 2.38. The molecule has 2 aliphatic carbocycles. The molecule has 0 spiro atoms. The zero-order chi connectivity index (χ0) is 38.1. The molecule has 2 heterocycles. The molecule has 0 unspecified atom stereocenters. The van der Waals surface area contributed by atoms with Gasteiger partial charge in [0.1, 0.15) is 23.0 Å². The summed E-state index contributed by atoms with van der Waals surface area (Å²) in [5, 5.41) is 23.2. The molecule has 0 saturated heterocycles. The molecule has 0 bridgehead atoms. The molecule has 4 aromatic carbocycles. The van der Waals surface area contributed by atoms with Crippen LogP contribution in [0.25, 0.3) is 44.2 Å². The van der Waals surface area contributed by atoms with Gasteiger partial charge in [-0.15, -0.1) is 11.6 Å². The number of benzene rings is 4. The molecule has 0 atom stereocenters. The molecular weight excluding hydrogens is 696 g/mol. The Labute approximate surface area is 310 Å². The molecule has 10 nitrogen and oxygen atoms in total. The Hall–Kier alpha value is -5.23. The lowest BCUT2D eigenvalue weighted by atomic mass is 9.83. The van der Waals surface area contributed by atoms with Crippen molar-refractivity contribution in [2.75, 3.05) is 26.3 Å². The van der Waals surface area contributed by atoms with Crippen molar-refractivity contribution in [2.24, 2.45) is 5.73 Å². The highest BCUT2D eigenvalue weighted by Crippen LogP contribution is 2.43. The molecule has 272 valence electrons. The van der Waals surface area contributed by atoms with Crippen molar-refractivity contribution in [3.05, 3.63) is 117 Å². The van der Waals surface area contributed by atoms with Gasteiger partial charge in [0.25, 0.3) is 0 Å². The lowest BCUT2D eigenvalue weighted by Gasteiger charge is -2.16. The van der Waals surface area contributed by atoms with E-state index in [-0.39, 0.29) is 19.1 Å². The van der Waals surface area contributed by atoms with E-state index in [0.717, 1.165) is 32.7 Å². The second kappa shape index (κ2) is 15.4. The summed E-state index contributed by atoms with van der Waals surface area (Å²) in [6, 6.07) is 19.1. The summed E-state index contributed by atoms with van der Waals surface area (Å²) in [6.07, 6.45) is 0. The zero-order valence-electron chi connectivity index (χ0n) is 29.8. The number of carbonyl (C=O) groups excluding carboxylic acids is 4. The number of fused-ring (bicyclic) bond motifs is 10. The number of aryl methyl sites for hydroxylation is 2. The fraction of sp³-hybridized carbons (Fsp3) is 0.238. The van der Waals surface area contributed by atoms with Crippen LogP contribution in [-0.2, 0) is 12.4 Å². The van der Waals surface area contributed by atoms with Crippen molar-refractivity contribution < 1.29 is 38.2 Å². The maximum Gasteiger partial charge on any atom is 0.237 e. The second-order valence-corrected chi connectivity index (χ2v) is 13.2. The van der Waals surface area contributed by atoms with Crippen molar-refractivity contribution >= 4 is 56.3 Å². The Balaban J connectivity index is 0.000000166. The van der Waals surface area contributed by atoms with Crippen LogP contribution in [-0.4, -0.2) is 59.6 Å². The van der Waals surface area contributed by atoms with E-state index in [9.17, 15) is 19.2 Å². The largest absolute Gasteiger partial charge is 0.459 e. The number of aliphatic hydroxyl groups excluding tert-OH is 2. The first-order chi connectivity index (χ1) is 25.5. The van der Waals surface area contributed by atoms with Crippen molar-refractivity contribution in [3.8, 4) is 22.6 Å². The number of nitrogens with one attached hydrogen (secondary N) is 1. The third-order valence-corrected chi connectivity index (χ3v) is 9.93. The molecule has 11 heteroatoms. The molecule has 0 amide bonds. The number of furan rings is 2. The Morgan fingerprint density at radius 2 is 1.04 bits per heavy atom. The van der Waals surface area contributed by atoms with E-state index in [1.807, 2.05) is 74.5 Å². The van der Waals surface area contributed by atoms with E-state index in [1.165, 1.54) is 0 Å². The third-order valence-electron chi connectivity index (χ3n) is 9.68. The van der Waals surface area contributed by atoms with Crippen LogP contribution in [0.5, 0.6) is 0 Å². The molecule has 2 aromatic heterocycles. The van der Waals surface area contributed by atoms with Crippen LogP contribution in [0.4, 0.5) is 0 Å². The van der Waals surface area contributed by atoms with Gasteiger partial charge in [0.2, 0.25) is 23.1 Å². The molecule has 0 saturated carbocycles. The van der Waals surface area contributed by atoms with Crippen LogP contribution < -0.4 is 11.1 Å². The smallest absolute Gasteiger partial charge is 0.237 e. The summed E-state index contributed by atoms with van der Waals surface area (Å²) < 4.78 is 11.8. The van der Waals surface area contributed by atoms with E-state index in [4.69, 9.17) is 36.4 Å². The van der Waals surface area contributed by atoms with Gasteiger partial charge in [0, 0.05) is 46.5 Å². The van der Waals surface area contributed by atoms with Gasteiger partial charge in [-0.25, -0.2) is 0 Å². The number of nitrogens with two attached hydrogens (primary N) is 1.